The summed E-state index contributed by atoms with van der Waals surface area (Å²) in [6.07, 6.45) is -3.49. The van der Waals surface area contributed by atoms with Crippen molar-refractivity contribution in [2.24, 2.45) is 0 Å². The Morgan fingerprint density at radius 1 is 0.967 bits per heavy atom. The number of aromatic nitrogens is 2. The van der Waals surface area contributed by atoms with Crippen molar-refractivity contribution < 1.29 is 23.0 Å². The fraction of sp³-hybridized carbons (Fsp3) is 0.136. The van der Waals surface area contributed by atoms with Crippen LogP contribution in [-0.2, 0) is 5.60 Å². The Morgan fingerprint density at radius 2 is 1.67 bits per heavy atom. The molecule has 1 unspecified atom stereocenters. The molecule has 3 aromatic carbocycles. The molecule has 1 atom stereocenters. The molecule has 0 bridgehead atoms. The SMILES string of the molecule is OC(COc1ccc(Cl)cc1)(c1ccc2c(cnn2-c2ccccc2)c1)C(F)(F)F. The smallest absolute Gasteiger partial charge is 0.424 e. The number of alkyl halides is 3. The molecule has 4 rings (SSSR count). The minimum Gasteiger partial charge on any atom is -0.490 e. The van der Waals surface area contributed by atoms with Crippen LogP contribution in [0, 0.1) is 0 Å². The Kier molecular flexibility index (Phi) is 5.17. The van der Waals surface area contributed by atoms with Crippen LogP contribution in [0.15, 0.2) is 79.0 Å². The standard InChI is InChI=1S/C22H16ClF3N2O2/c23-17-7-9-19(10-8-17)30-14-21(29,22(24,25)26)16-6-11-20-15(12-16)13-27-28(20)18-4-2-1-3-5-18/h1-13,29H,14H2. The molecular formula is C22H16ClF3N2O2. The van der Waals surface area contributed by atoms with E-state index >= 15 is 0 Å². The quantitative estimate of drug-likeness (QED) is 0.452. The van der Waals surface area contributed by atoms with E-state index in [-0.39, 0.29) is 11.3 Å². The first-order chi connectivity index (χ1) is 14.3. The van der Waals surface area contributed by atoms with Crippen LogP contribution in [0.25, 0.3) is 16.6 Å². The molecule has 1 N–H and O–H groups in total. The van der Waals surface area contributed by atoms with Crippen molar-refractivity contribution in [3.05, 3.63) is 89.6 Å². The molecule has 1 heterocycles. The lowest BCUT2D eigenvalue weighted by Crippen LogP contribution is -2.47. The maximum Gasteiger partial charge on any atom is 0.424 e. The average molecular weight is 433 g/mol. The summed E-state index contributed by atoms with van der Waals surface area (Å²) in [5.74, 6) is 0.167. The summed E-state index contributed by atoms with van der Waals surface area (Å²) < 4.78 is 48.4. The number of benzene rings is 3. The monoisotopic (exact) mass is 432 g/mol. The van der Waals surface area contributed by atoms with Crippen molar-refractivity contribution in [3.63, 3.8) is 0 Å². The minimum absolute atomic E-state index is 0.167. The van der Waals surface area contributed by atoms with Crippen LogP contribution in [-0.4, -0.2) is 27.7 Å². The largest absolute Gasteiger partial charge is 0.490 e. The molecule has 8 heteroatoms. The molecule has 0 saturated heterocycles. The van der Waals surface area contributed by atoms with Gasteiger partial charge in [-0.3, -0.25) is 0 Å². The molecule has 4 nitrogen and oxygen atoms in total. The number of para-hydroxylation sites is 1. The van der Waals surface area contributed by atoms with Crippen molar-refractivity contribution in [3.8, 4) is 11.4 Å². The van der Waals surface area contributed by atoms with E-state index < -0.39 is 18.4 Å². The van der Waals surface area contributed by atoms with Crippen LogP contribution >= 0.6 is 11.6 Å². The van der Waals surface area contributed by atoms with E-state index in [1.54, 1.807) is 4.68 Å². The zero-order chi connectivity index (χ0) is 21.4. The highest BCUT2D eigenvalue weighted by Crippen LogP contribution is 2.40. The van der Waals surface area contributed by atoms with Gasteiger partial charge in [0.05, 0.1) is 17.4 Å². The van der Waals surface area contributed by atoms with Crippen molar-refractivity contribution in [2.45, 2.75) is 11.8 Å². The Bertz CT molecular complexity index is 1160. The highest BCUT2D eigenvalue weighted by Gasteiger charge is 2.56. The normalized spacial score (nSPS) is 13.9. The molecular weight excluding hydrogens is 417 g/mol. The van der Waals surface area contributed by atoms with Gasteiger partial charge >= 0.3 is 6.18 Å². The molecule has 0 spiro atoms. The summed E-state index contributed by atoms with van der Waals surface area (Å²) in [6, 6.07) is 19.1. The number of ether oxygens (including phenoxy) is 1. The van der Waals surface area contributed by atoms with E-state index in [1.807, 2.05) is 30.3 Å². The summed E-state index contributed by atoms with van der Waals surface area (Å²) in [5, 5.41) is 15.8. The van der Waals surface area contributed by atoms with E-state index in [2.05, 4.69) is 5.10 Å². The second-order valence-corrected chi connectivity index (χ2v) is 7.20. The number of nitrogens with zero attached hydrogens (tertiary/aromatic N) is 2. The molecule has 0 radical (unpaired) electrons. The minimum atomic E-state index is -4.96. The van der Waals surface area contributed by atoms with E-state index in [0.29, 0.717) is 15.9 Å². The van der Waals surface area contributed by atoms with Crippen molar-refractivity contribution in [1.29, 1.82) is 0 Å². The molecule has 154 valence electrons. The van der Waals surface area contributed by atoms with Crippen molar-refractivity contribution in [2.75, 3.05) is 6.61 Å². The first kappa shape index (κ1) is 20.3. The third-order valence-electron chi connectivity index (χ3n) is 4.78. The Labute approximate surface area is 175 Å². The fourth-order valence-corrected chi connectivity index (χ4v) is 3.24. The van der Waals surface area contributed by atoms with Gasteiger partial charge in [-0.1, -0.05) is 35.9 Å². The molecule has 0 saturated carbocycles. The molecule has 0 aliphatic heterocycles. The summed E-state index contributed by atoms with van der Waals surface area (Å²) in [4.78, 5) is 0. The van der Waals surface area contributed by atoms with Gasteiger partial charge in [0.15, 0.2) is 0 Å². The van der Waals surface area contributed by atoms with Crippen molar-refractivity contribution in [1.82, 2.24) is 9.78 Å². The van der Waals surface area contributed by atoms with Gasteiger partial charge in [0.25, 0.3) is 0 Å². The summed E-state index contributed by atoms with van der Waals surface area (Å²) in [5.41, 5.74) is -2.13. The number of hydrogen-bond acceptors (Lipinski definition) is 3. The molecule has 0 fully saturated rings. The van der Waals surface area contributed by atoms with Gasteiger partial charge in [-0.05, 0) is 54.1 Å². The molecule has 30 heavy (non-hydrogen) atoms. The van der Waals surface area contributed by atoms with Gasteiger partial charge in [-0.25, -0.2) is 4.68 Å². The highest BCUT2D eigenvalue weighted by atomic mass is 35.5. The number of hydrogen-bond donors (Lipinski definition) is 1. The predicted octanol–water partition coefficient (Wildman–Crippen LogP) is 5.51. The van der Waals surface area contributed by atoms with E-state index in [0.717, 1.165) is 5.69 Å². The summed E-state index contributed by atoms with van der Waals surface area (Å²) in [6.45, 7) is -1.00. The first-order valence-corrected chi connectivity index (χ1v) is 9.37. The zero-order valence-electron chi connectivity index (χ0n) is 15.5. The van der Waals surface area contributed by atoms with Crippen molar-refractivity contribution >= 4 is 22.5 Å². The Balaban J connectivity index is 1.69. The van der Waals surface area contributed by atoms with Crippen LogP contribution in [0.5, 0.6) is 5.75 Å². The molecule has 0 aliphatic carbocycles. The van der Waals surface area contributed by atoms with E-state index in [4.69, 9.17) is 16.3 Å². The second-order valence-electron chi connectivity index (χ2n) is 6.77. The van der Waals surface area contributed by atoms with E-state index in [9.17, 15) is 18.3 Å². The molecule has 4 aromatic rings. The third kappa shape index (κ3) is 3.74. The lowest BCUT2D eigenvalue weighted by atomic mass is 9.93. The van der Waals surface area contributed by atoms with Crippen LogP contribution in [0.2, 0.25) is 5.02 Å². The average Bonchev–Trinajstić information content (AvgIpc) is 3.16. The molecule has 0 amide bonds. The summed E-state index contributed by atoms with van der Waals surface area (Å²) >= 11 is 5.78. The number of rotatable bonds is 5. The van der Waals surface area contributed by atoms with Gasteiger partial charge in [0, 0.05) is 10.4 Å². The van der Waals surface area contributed by atoms with E-state index in [1.165, 1.54) is 48.7 Å². The second kappa shape index (κ2) is 7.66. The molecule has 0 aliphatic rings. The fourth-order valence-electron chi connectivity index (χ4n) is 3.11. The number of halogens is 4. The van der Waals surface area contributed by atoms with Crippen LogP contribution in [0.1, 0.15) is 5.56 Å². The number of aliphatic hydroxyl groups is 1. The summed E-state index contributed by atoms with van der Waals surface area (Å²) in [7, 11) is 0. The van der Waals surface area contributed by atoms with Crippen LogP contribution in [0.4, 0.5) is 13.2 Å². The third-order valence-corrected chi connectivity index (χ3v) is 5.03. The maximum absolute atomic E-state index is 13.9. The van der Waals surface area contributed by atoms with Crippen LogP contribution < -0.4 is 4.74 Å². The highest BCUT2D eigenvalue weighted by molar-refractivity contribution is 6.30. The van der Waals surface area contributed by atoms with Gasteiger partial charge in [0.1, 0.15) is 12.4 Å². The number of fused-ring (bicyclic) bond motifs is 1. The van der Waals surface area contributed by atoms with Gasteiger partial charge in [-0.15, -0.1) is 0 Å². The van der Waals surface area contributed by atoms with Gasteiger partial charge in [-0.2, -0.15) is 18.3 Å². The Hall–Kier alpha value is -3.03. The van der Waals surface area contributed by atoms with Crippen LogP contribution in [0.3, 0.4) is 0 Å². The topological polar surface area (TPSA) is 47.3 Å². The Morgan fingerprint density at radius 3 is 2.33 bits per heavy atom. The van der Waals surface area contributed by atoms with Gasteiger partial charge in [0.2, 0.25) is 5.60 Å². The molecule has 1 aromatic heterocycles. The first-order valence-electron chi connectivity index (χ1n) is 8.99. The zero-order valence-corrected chi connectivity index (χ0v) is 16.2. The van der Waals surface area contributed by atoms with Gasteiger partial charge < -0.3 is 9.84 Å². The lowest BCUT2D eigenvalue weighted by molar-refractivity contribution is -0.275. The lowest BCUT2D eigenvalue weighted by Gasteiger charge is -2.30. The predicted molar refractivity (Wildman–Crippen MR) is 108 cm³/mol. The maximum atomic E-state index is 13.9.